The summed E-state index contributed by atoms with van der Waals surface area (Å²) in [5, 5.41) is 9.11. The number of hydrogen-bond acceptors (Lipinski definition) is 4. The lowest BCUT2D eigenvalue weighted by atomic mass is 10.0. The van der Waals surface area contributed by atoms with Crippen LogP contribution < -0.4 is 4.72 Å². The molecule has 5 nitrogen and oxygen atoms in total. The molecule has 0 aliphatic rings. The van der Waals surface area contributed by atoms with Crippen LogP contribution in [0.15, 0.2) is 18.5 Å². The SMILES string of the molecule is CC[C@H](C)[C@H](NS(=O)(=O)c1cc(Br)sc1Br)C(=O)O. The third-order valence-electron chi connectivity index (χ3n) is 2.68. The van der Waals surface area contributed by atoms with Crippen molar-refractivity contribution in [1.29, 1.82) is 0 Å². The van der Waals surface area contributed by atoms with Gasteiger partial charge < -0.3 is 5.11 Å². The molecular weight excluding hydrogens is 422 g/mol. The predicted molar refractivity (Wildman–Crippen MR) is 80.9 cm³/mol. The van der Waals surface area contributed by atoms with Crippen LogP contribution >= 0.6 is 43.2 Å². The molecular formula is C10H13Br2NO4S2. The number of aliphatic carboxylic acids is 1. The average molecular weight is 435 g/mol. The summed E-state index contributed by atoms with van der Waals surface area (Å²) in [6.45, 7) is 3.51. The molecule has 0 unspecified atom stereocenters. The van der Waals surface area contributed by atoms with Crippen molar-refractivity contribution >= 4 is 59.2 Å². The summed E-state index contributed by atoms with van der Waals surface area (Å²) in [5.74, 6) is -1.48. The maximum atomic E-state index is 12.2. The number of carbonyl (C=O) groups is 1. The Morgan fingerprint density at radius 1 is 1.53 bits per heavy atom. The van der Waals surface area contributed by atoms with E-state index in [-0.39, 0.29) is 10.8 Å². The minimum Gasteiger partial charge on any atom is -0.480 e. The fourth-order valence-electron chi connectivity index (χ4n) is 1.38. The van der Waals surface area contributed by atoms with Gasteiger partial charge in [-0.05, 0) is 43.8 Å². The molecule has 19 heavy (non-hydrogen) atoms. The second kappa shape index (κ2) is 6.66. The molecule has 9 heteroatoms. The molecule has 0 fully saturated rings. The fraction of sp³-hybridized carbons (Fsp3) is 0.500. The second-order valence-corrected chi connectivity index (χ2v) is 9.44. The molecule has 1 rings (SSSR count). The van der Waals surface area contributed by atoms with Crippen molar-refractivity contribution in [2.75, 3.05) is 0 Å². The van der Waals surface area contributed by atoms with E-state index >= 15 is 0 Å². The van der Waals surface area contributed by atoms with Gasteiger partial charge in [0.1, 0.15) is 10.9 Å². The Balaban J connectivity index is 3.08. The van der Waals surface area contributed by atoms with Gasteiger partial charge in [0.25, 0.3) is 0 Å². The zero-order valence-corrected chi connectivity index (χ0v) is 15.0. The summed E-state index contributed by atoms with van der Waals surface area (Å²) in [5.41, 5.74) is 0. The smallest absolute Gasteiger partial charge is 0.322 e. The summed E-state index contributed by atoms with van der Waals surface area (Å²) in [6, 6.07) is 0.299. The molecule has 0 bridgehead atoms. The monoisotopic (exact) mass is 433 g/mol. The number of rotatable bonds is 6. The van der Waals surface area contributed by atoms with Gasteiger partial charge in [0, 0.05) is 0 Å². The highest BCUT2D eigenvalue weighted by Crippen LogP contribution is 2.34. The molecule has 0 aliphatic heterocycles. The van der Waals surface area contributed by atoms with Crippen LogP contribution in [0.4, 0.5) is 0 Å². The van der Waals surface area contributed by atoms with Crippen molar-refractivity contribution in [1.82, 2.24) is 4.72 Å². The number of carboxylic acids is 1. The van der Waals surface area contributed by atoms with E-state index in [2.05, 4.69) is 36.6 Å². The summed E-state index contributed by atoms with van der Waals surface area (Å²) in [4.78, 5) is 11.2. The van der Waals surface area contributed by atoms with E-state index < -0.39 is 22.0 Å². The second-order valence-electron chi connectivity index (χ2n) is 4.01. The predicted octanol–water partition coefficient (Wildman–Crippen LogP) is 3.05. The van der Waals surface area contributed by atoms with E-state index in [9.17, 15) is 13.2 Å². The number of thiophene rings is 1. The van der Waals surface area contributed by atoms with E-state index in [0.717, 1.165) is 0 Å². The number of halogens is 2. The quantitative estimate of drug-likeness (QED) is 0.720. The Kier molecular flexibility index (Phi) is 5.99. The van der Waals surface area contributed by atoms with Crippen LogP contribution in [-0.4, -0.2) is 25.5 Å². The molecule has 0 aromatic carbocycles. The minimum atomic E-state index is -3.87. The van der Waals surface area contributed by atoms with Crippen LogP contribution in [0.1, 0.15) is 20.3 Å². The van der Waals surface area contributed by atoms with E-state index in [0.29, 0.717) is 14.0 Å². The Labute approximate surface area is 132 Å². The molecule has 0 amide bonds. The molecule has 0 saturated heterocycles. The minimum absolute atomic E-state index is 0.0407. The average Bonchev–Trinajstić information content (AvgIpc) is 2.65. The van der Waals surface area contributed by atoms with Gasteiger partial charge in [-0.2, -0.15) is 4.72 Å². The van der Waals surface area contributed by atoms with Gasteiger partial charge in [0.15, 0.2) is 0 Å². The highest BCUT2D eigenvalue weighted by Gasteiger charge is 2.31. The van der Waals surface area contributed by atoms with E-state index in [4.69, 9.17) is 5.11 Å². The first kappa shape index (κ1) is 17.1. The fourth-order valence-corrected chi connectivity index (χ4v) is 6.49. The number of hydrogen-bond donors (Lipinski definition) is 2. The highest BCUT2D eigenvalue weighted by atomic mass is 79.9. The molecule has 2 atom stereocenters. The van der Waals surface area contributed by atoms with Crippen molar-refractivity contribution in [2.45, 2.75) is 31.2 Å². The van der Waals surface area contributed by atoms with Gasteiger partial charge in [-0.25, -0.2) is 8.42 Å². The first-order valence-corrected chi connectivity index (χ1v) is 9.27. The topological polar surface area (TPSA) is 83.5 Å². The van der Waals surface area contributed by atoms with Gasteiger partial charge in [0.05, 0.1) is 7.57 Å². The first-order chi connectivity index (χ1) is 8.69. The van der Waals surface area contributed by atoms with Crippen molar-refractivity contribution in [3.05, 3.63) is 13.6 Å². The third kappa shape index (κ3) is 4.25. The Morgan fingerprint density at radius 2 is 2.11 bits per heavy atom. The van der Waals surface area contributed by atoms with Crippen molar-refractivity contribution in [2.24, 2.45) is 5.92 Å². The molecule has 2 N–H and O–H groups in total. The first-order valence-electron chi connectivity index (χ1n) is 5.39. The Hall–Kier alpha value is 0.0400. The standard InChI is InChI=1S/C10H13Br2NO4S2/c1-3-5(2)8(10(14)15)13-19(16,17)6-4-7(11)18-9(6)12/h4-5,8,13H,3H2,1-2H3,(H,14,15)/t5-,8-/m0/s1. The van der Waals surface area contributed by atoms with Crippen LogP contribution in [-0.2, 0) is 14.8 Å². The summed E-state index contributed by atoms with van der Waals surface area (Å²) < 4.78 is 27.7. The van der Waals surface area contributed by atoms with E-state index in [1.165, 1.54) is 17.4 Å². The van der Waals surface area contributed by atoms with Crippen molar-refractivity contribution < 1.29 is 18.3 Å². The molecule has 108 valence electrons. The van der Waals surface area contributed by atoms with Gasteiger partial charge in [-0.15, -0.1) is 11.3 Å². The lowest BCUT2D eigenvalue weighted by Crippen LogP contribution is -2.44. The molecule has 1 aromatic rings. The van der Waals surface area contributed by atoms with Gasteiger partial charge in [-0.1, -0.05) is 20.3 Å². The van der Waals surface area contributed by atoms with Crippen molar-refractivity contribution in [3.63, 3.8) is 0 Å². The summed E-state index contributed by atoms with van der Waals surface area (Å²) in [7, 11) is -3.87. The largest absolute Gasteiger partial charge is 0.480 e. The van der Waals surface area contributed by atoms with Crippen LogP contribution in [0.5, 0.6) is 0 Å². The Bertz CT molecular complexity index is 570. The van der Waals surface area contributed by atoms with Gasteiger partial charge in [-0.3, -0.25) is 4.79 Å². The van der Waals surface area contributed by atoms with Crippen LogP contribution in [0.25, 0.3) is 0 Å². The number of sulfonamides is 1. The van der Waals surface area contributed by atoms with E-state index in [1.807, 2.05) is 6.92 Å². The Morgan fingerprint density at radius 3 is 2.47 bits per heavy atom. The maximum absolute atomic E-state index is 12.2. The van der Waals surface area contributed by atoms with Crippen LogP contribution in [0.2, 0.25) is 0 Å². The lowest BCUT2D eigenvalue weighted by Gasteiger charge is -2.19. The molecule has 1 heterocycles. The van der Waals surface area contributed by atoms with Crippen LogP contribution in [0.3, 0.4) is 0 Å². The normalized spacial score (nSPS) is 15.2. The maximum Gasteiger partial charge on any atom is 0.322 e. The molecule has 0 saturated carbocycles. The zero-order valence-electron chi connectivity index (χ0n) is 10.2. The summed E-state index contributed by atoms with van der Waals surface area (Å²) >= 11 is 7.56. The molecule has 0 spiro atoms. The van der Waals surface area contributed by atoms with Gasteiger partial charge >= 0.3 is 5.97 Å². The summed E-state index contributed by atoms with van der Waals surface area (Å²) in [6.07, 6.45) is 0.563. The number of carboxylic acid groups (broad SMARTS) is 1. The molecule has 1 aromatic heterocycles. The van der Waals surface area contributed by atoms with Gasteiger partial charge in [0.2, 0.25) is 10.0 Å². The highest BCUT2D eigenvalue weighted by molar-refractivity contribution is 9.12. The zero-order chi connectivity index (χ0) is 14.8. The molecule has 0 aliphatic carbocycles. The van der Waals surface area contributed by atoms with Crippen molar-refractivity contribution in [3.8, 4) is 0 Å². The number of nitrogens with one attached hydrogen (secondary N) is 1. The third-order valence-corrected chi connectivity index (χ3v) is 6.87. The molecule has 0 radical (unpaired) electrons. The van der Waals surface area contributed by atoms with Crippen LogP contribution in [0, 0.1) is 5.92 Å². The lowest BCUT2D eigenvalue weighted by molar-refractivity contribution is -0.140. The van der Waals surface area contributed by atoms with E-state index in [1.54, 1.807) is 6.92 Å².